The Balaban J connectivity index is 2.46. The highest BCUT2D eigenvalue weighted by Crippen LogP contribution is 2.32. The fourth-order valence-electron chi connectivity index (χ4n) is 2.24. The number of nitrogens with one attached hydrogen (secondary N) is 1. The van der Waals surface area contributed by atoms with Crippen LogP contribution in [0.5, 0.6) is 0 Å². The lowest BCUT2D eigenvalue weighted by Gasteiger charge is -2.16. The first-order valence-electron chi connectivity index (χ1n) is 6.21. The fourth-order valence-corrected chi connectivity index (χ4v) is 2.24. The number of hydrogen-bond donors (Lipinski definition) is 2. The third-order valence-electron chi connectivity index (χ3n) is 3.26. The Bertz CT molecular complexity index is 540. The van der Waals surface area contributed by atoms with Crippen LogP contribution in [-0.2, 0) is 6.42 Å². The van der Waals surface area contributed by atoms with Gasteiger partial charge >= 0.3 is 0 Å². The van der Waals surface area contributed by atoms with Crippen molar-refractivity contribution in [2.75, 3.05) is 45.4 Å². The van der Waals surface area contributed by atoms with Crippen LogP contribution in [0.2, 0.25) is 0 Å². The van der Waals surface area contributed by atoms with E-state index in [4.69, 9.17) is 5.73 Å². The van der Waals surface area contributed by atoms with Crippen molar-refractivity contribution in [3.05, 3.63) is 23.9 Å². The van der Waals surface area contributed by atoms with Crippen molar-refractivity contribution in [1.29, 1.82) is 0 Å². The maximum atomic E-state index is 6.30. The van der Waals surface area contributed by atoms with Crippen LogP contribution in [0.4, 0.5) is 11.4 Å². The van der Waals surface area contributed by atoms with Crippen LogP contribution < -0.4 is 10.6 Å². The predicted octanol–water partition coefficient (Wildman–Crippen LogP) is 1.92. The molecule has 1 heterocycles. The van der Waals surface area contributed by atoms with E-state index in [-0.39, 0.29) is 0 Å². The average molecular weight is 246 g/mol. The smallest absolute Gasteiger partial charge is 0.0649 e. The van der Waals surface area contributed by atoms with Gasteiger partial charge in [0, 0.05) is 37.7 Å². The second-order valence-electron chi connectivity index (χ2n) is 5.18. The van der Waals surface area contributed by atoms with E-state index in [2.05, 4.69) is 47.2 Å². The summed E-state index contributed by atoms with van der Waals surface area (Å²) in [4.78, 5) is 7.54. The van der Waals surface area contributed by atoms with E-state index >= 15 is 0 Å². The number of aromatic nitrogens is 1. The first-order chi connectivity index (χ1) is 8.50. The fraction of sp³-hybridized carbons (Fsp3) is 0.429. The molecule has 0 saturated heterocycles. The third kappa shape index (κ3) is 2.29. The van der Waals surface area contributed by atoms with E-state index < -0.39 is 0 Å². The highest BCUT2D eigenvalue weighted by Gasteiger charge is 2.11. The number of nitrogens with zero attached hydrogens (tertiary/aromatic N) is 2. The zero-order chi connectivity index (χ0) is 13.3. The first-order valence-corrected chi connectivity index (χ1v) is 6.21. The summed E-state index contributed by atoms with van der Waals surface area (Å²) >= 11 is 0. The van der Waals surface area contributed by atoms with Crippen molar-refractivity contribution < 1.29 is 0 Å². The maximum absolute atomic E-state index is 6.30. The summed E-state index contributed by atoms with van der Waals surface area (Å²) in [7, 11) is 8.21. The Labute approximate surface area is 108 Å². The van der Waals surface area contributed by atoms with E-state index in [9.17, 15) is 0 Å². The van der Waals surface area contributed by atoms with E-state index in [1.165, 1.54) is 10.9 Å². The van der Waals surface area contributed by atoms with Gasteiger partial charge in [0.2, 0.25) is 0 Å². The zero-order valence-corrected chi connectivity index (χ0v) is 11.6. The van der Waals surface area contributed by atoms with Crippen molar-refractivity contribution in [3.8, 4) is 0 Å². The molecule has 1 aromatic carbocycles. The van der Waals surface area contributed by atoms with Crippen LogP contribution in [0.3, 0.4) is 0 Å². The molecule has 98 valence electrons. The highest BCUT2D eigenvalue weighted by molar-refractivity contribution is 6.00. The molecule has 0 bridgehead atoms. The van der Waals surface area contributed by atoms with Crippen LogP contribution >= 0.6 is 0 Å². The van der Waals surface area contributed by atoms with Crippen LogP contribution in [0, 0.1) is 0 Å². The molecule has 0 aliphatic carbocycles. The maximum Gasteiger partial charge on any atom is 0.0649 e. The molecule has 2 rings (SSSR count). The van der Waals surface area contributed by atoms with Crippen LogP contribution in [0.25, 0.3) is 10.9 Å². The molecule has 0 unspecified atom stereocenters. The van der Waals surface area contributed by atoms with E-state index in [1.54, 1.807) is 0 Å². The second kappa shape index (κ2) is 4.90. The number of nitrogens with two attached hydrogens (primary N) is 1. The lowest BCUT2D eigenvalue weighted by Crippen LogP contribution is -2.15. The van der Waals surface area contributed by atoms with Crippen molar-refractivity contribution in [1.82, 2.24) is 9.88 Å². The Morgan fingerprint density at radius 2 is 1.89 bits per heavy atom. The summed E-state index contributed by atoms with van der Waals surface area (Å²) in [6, 6.07) is 4.16. The van der Waals surface area contributed by atoms with Gasteiger partial charge in [-0.25, -0.2) is 0 Å². The van der Waals surface area contributed by atoms with Crippen molar-refractivity contribution in [2.24, 2.45) is 0 Å². The third-order valence-corrected chi connectivity index (χ3v) is 3.26. The molecular formula is C14H22N4. The SMILES string of the molecule is CN(C)CCc1c[nH]c2ccc(N(C)C)c(N)c12. The zero-order valence-electron chi connectivity index (χ0n) is 11.6. The number of benzene rings is 1. The number of rotatable bonds is 4. The number of H-pyrrole nitrogens is 1. The number of nitrogen functional groups attached to an aromatic ring is 1. The number of likely N-dealkylation sites (N-methyl/N-ethyl adjacent to an activating group) is 1. The molecule has 0 fully saturated rings. The summed E-state index contributed by atoms with van der Waals surface area (Å²) in [5.74, 6) is 0. The van der Waals surface area contributed by atoms with Gasteiger partial charge in [-0.2, -0.15) is 0 Å². The lowest BCUT2D eigenvalue weighted by atomic mass is 10.1. The minimum absolute atomic E-state index is 0.868. The predicted molar refractivity (Wildman–Crippen MR) is 79.3 cm³/mol. The molecule has 3 N–H and O–H groups in total. The number of aromatic amines is 1. The minimum atomic E-state index is 0.868. The lowest BCUT2D eigenvalue weighted by molar-refractivity contribution is 0.414. The van der Waals surface area contributed by atoms with E-state index in [0.29, 0.717) is 0 Å². The summed E-state index contributed by atoms with van der Waals surface area (Å²) in [5.41, 5.74) is 10.7. The van der Waals surface area contributed by atoms with Gasteiger partial charge in [-0.05, 0) is 38.2 Å². The van der Waals surface area contributed by atoms with E-state index in [1.807, 2.05) is 14.1 Å². The summed E-state index contributed by atoms with van der Waals surface area (Å²) in [6.45, 7) is 1.03. The van der Waals surface area contributed by atoms with Crippen LogP contribution in [0.1, 0.15) is 5.56 Å². The topological polar surface area (TPSA) is 48.3 Å². The Kier molecular flexibility index (Phi) is 3.48. The number of anilines is 2. The summed E-state index contributed by atoms with van der Waals surface area (Å²) in [6.07, 6.45) is 3.08. The number of fused-ring (bicyclic) bond motifs is 1. The van der Waals surface area contributed by atoms with Crippen molar-refractivity contribution in [3.63, 3.8) is 0 Å². The standard InChI is InChI=1S/C14H22N4/c1-17(2)8-7-10-9-16-11-5-6-12(18(3)4)14(15)13(10)11/h5-6,9,16H,7-8,15H2,1-4H3. The highest BCUT2D eigenvalue weighted by atomic mass is 15.1. The quantitative estimate of drug-likeness (QED) is 0.810. The molecule has 0 aliphatic rings. The molecular weight excluding hydrogens is 224 g/mol. The Hall–Kier alpha value is -1.68. The van der Waals surface area contributed by atoms with Crippen LogP contribution in [0.15, 0.2) is 18.3 Å². The van der Waals surface area contributed by atoms with Gasteiger partial charge in [-0.3, -0.25) is 0 Å². The largest absolute Gasteiger partial charge is 0.396 e. The molecule has 0 spiro atoms. The minimum Gasteiger partial charge on any atom is -0.396 e. The molecule has 0 amide bonds. The monoisotopic (exact) mass is 246 g/mol. The number of hydrogen-bond acceptors (Lipinski definition) is 3. The average Bonchev–Trinajstić information content (AvgIpc) is 2.70. The summed E-state index contributed by atoms with van der Waals surface area (Å²) < 4.78 is 0. The van der Waals surface area contributed by atoms with Gasteiger partial charge in [0.15, 0.2) is 0 Å². The van der Waals surface area contributed by atoms with Gasteiger partial charge < -0.3 is 20.5 Å². The van der Waals surface area contributed by atoms with Gasteiger partial charge in [-0.15, -0.1) is 0 Å². The molecule has 18 heavy (non-hydrogen) atoms. The molecule has 4 nitrogen and oxygen atoms in total. The van der Waals surface area contributed by atoms with Gasteiger partial charge in [0.05, 0.1) is 11.4 Å². The summed E-state index contributed by atoms with van der Waals surface area (Å²) in [5, 5.41) is 1.17. The molecule has 0 radical (unpaired) electrons. The molecule has 0 atom stereocenters. The van der Waals surface area contributed by atoms with Gasteiger partial charge in [-0.1, -0.05) is 0 Å². The molecule has 0 aliphatic heterocycles. The first kappa shape index (κ1) is 12.8. The van der Waals surface area contributed by atoms with Crippen molar-refractivity contribution in [2.45, 2.75) is 6.42 Å². The Morgan fingerprint density at radius 3 is 2.50 bits per heavy atom. The van der Waals surface area contributed by atoms with Crippen LogP contribution in [-0.4, -0.2) is 44.6 Å². The van der Waals surface area contributed by atoms with Gasteiger partial charge in [0.1, 0.15) is 0 Å². The Morgan fingerprint density at radius 1 is 1.17 bits per heavy atom. The normalized spacial score (nSPS) is 11.4. The van der Waals surface area contributed by atoms with Crippen molar-refractivity contribution >= 4 is 22.3 Å². The van der Waals surface area contributed by atoms with E-state index in [0.717, 1.165) is 29.9 Å². The molecule has 2 aromatic rings. The second-order valence-corrected chi connectivity index (χ2v) is 5.18. The molecule has 1 aromatic heterocycles. The molecule has 0 saturated carbocycles. The molecule has 4 heteroatoms. The van der Waals surface area contributed by atoms with Gasteiger partial charge in [0.25, 0.3) is 0 Å².